The van der Waals surface area contributed by atoms with Crippen molar-refractivity contribution >= 4 is 10.0 Å². The first kappa shape index (κ1) is 20.3. The van der Waals surface area contributed by atoms with E-state index in [1.165, 1.54) is 47.0 Å². The Balaban J connectivity index is 1.48. The van der Waals surface area contributed by atoms with Crippen LogP contribution in [0.5, 0.6) is 11.5 Å². The van der Waals surface area contributed by atoms with E-state index in [4.69, 9.17) is 4.74 Å². The third kappa shape index (κ3) is 4.14. The standard InChI is InChI=1S/C20H15F3N3O3S/c21-20(22,23)15-1-3-16(4-2-15)29-17-5-7-18(8-6-17)30(27,28)26-10-9-14-11-24-13-25-19(14)12-26/h1-8,13H,9-10,12H2. The lowest BCUT2D eigenvalue weighted by Gasteiger charge is -2.26. The van der Waals surface area contributed by atoms with Crippen LogP contribution in [0, 0.1) is 6.20 Å². The predicted octanol–water partition coefficient (Wildman–Crippen LogP) is 3.83. The summed E-state index contributed by atoms with van der Waals surface area (Å²) in [5.41, 5.74) is 0.661. The first-order chi connectivity index (χ1) is 14.2. The zero-order valence-corrected chi connectivity index (χ0v) is 16.2. The number of hydrogen-bond donors (Lipinski definition) is 0. The highest BCUT2D eigenvalue weighted by Crippen LogP contribution is 2.32. The maximum absolute atomic E-state index is 12.9. The summed E-state index contributed by atoms with van der Waals surface area (Å²) in [6.07, 6.45) is 0.219. The molecule has 0 bridgehead atoms. The zero-order valence-electron chi connectivity index (χ0n) is 15.4. The van der Waals surface area contributed by atoms with Gasteiger partial charge >= 0.3 is 6.18 Å². The first-order valence-corrected chi connectivity index (χ1v) is 10.3. The Labute approximate surface area is 171 Å². The van der Waals surface area contributed by atoms with Crippen molar-refractivity contribution in [3.63, 3.8) is 0 Å². The molecule has 0 N–H and O–H groups in total. The topological polar surface area (TPSA) is 72.4 Å². The molecule has 0 saturated heterocycles. The normalized spacial score (nSPS) is 14.9. The number of benzene rings is 2. The maximum atomic E-state index is 12.9. The third-order valence-corrected chi connectivity index (χ3v) is 6.49. The van der Waals surface area contributed by atoms with Crippen LogP contribution < -0.4 is 4.74 Å². The molecule has 30 heavy (non-hydrogen) atoms. The summed E-state index contributed by atoms with van der Waals surface area (Å²) in [6.45, 7) is 0.434. The third-order valence-electron chi connectivity index (χ3n) is 4.64. The minimum Gasteiger partial charge on any atom is -0.457 e. The van der Waals surface area contributed by atoms with Crippen LogP contribution in [0.1, 0.15) is 16.8 Å². The Hall–Kier alpha value is -2.98. The molecule has 4 rings (SSSR count). The number of fused-ring (bicyclic) bond motifs is 1. The van der Waals surface area contributed by atoms with Crippen molar-refractivity contribution in [3.8, 4) is 11.5 Å². The molecule has 0 saturated carbocycles. The molecule has 0 fully saturated rings. The van der Waals surface area contributed by atoms with E-state index in [1.54, 1.807) is 0 Å². The molecule has 3 aromatic rings. The van der Waals surface area contributed by atoms with Crippen molar-refractivity contribution in [1.29, 1.82) is 0 Å². The van der Waals surface area contributed by atoms with Gasteiger partial charge in [0.05, 0.1) is 28.9 Å². The number of ether oxygens (including phenoxy) is 1. The van der Waals surface area contributed by atoms with Gasteiger partial charge in [-0.2, -0.15) is 17.5 Å². The number of sulfonamides is 1. The molecule has 0 spiro atoms. The Morgan fingerprint density at radius 2 is 1.63 bits per heavy atom. The van der Waals surface area contributed by atoms with Gasteiger partial charge in [-0.1, -0.05) is 0 Å². The molecule has 1 aliphatic rings. The van der Waals surface area contributed by atoms with Crippen molar-refractivity contribution in [2.24, 2.45) is 0 Å². The van der Waals surface area contributed by atoms with Gasteiger partial charge in [0.2, 0.25) is 10.0 Å². The van der Waals surface area contributed by atoms with E-state index in [2.05, 4.69) is 16.2 Å². The highest BCUT2D eigenvalue weighted by Gasteiger charge is 2.30. The second-order valence-corrected chi connectivity index (χ2v) is 8.53. The van der Waals surface area contributed by atoms with Crippen LogP contribution in [0.4, 0.5) is 13.2 Å². The number of alkyl halides is 3. The van der Waals surface area contributed by atoms with E-state index in [1.807, 2.05) is 0 Å². The van der Waals surface area contributed by atoms with Gasteiger partial charge < -0.3 is 4.74 Å². The van der Waals surface area contributed by atoms with E-state index in [-0.39, 0.29) is 17.2 Å². The van der Waals surface area contributed by atoms with Crippen LogP contribution >= 0.6 is 0 Å². The number of rotatable bonds is 4. The van der Waals surface area contributed by atoms with Gasteiger partial charge in [0.1, 0.15) is 17.8 Å². The summed E-state index contributed by atoms with van der Waals surface area (Å²) >= 11 is 0. The molecule has 1 aliphatic heterocycles. The largest absolute Gasteiger partial charge is 0.457 e. The molecule has 0 amide bonds. The smallest absolute Gasteiger partial charge is 0.416 e. The van der Waals surface area contributed by atoms with Gasteiger partial charge in [0.25, 0.3) is 0 Å². The summed E-state index contributed by atoms with van der Waals surface area (Å²) in [6, 6.07) is 9.96. The monoisotopic (exact) mass is 434 g/mol. The van der Waals surface area contributed by atoms with Gasteiger partial charge in [0.15, 0.2) is 0 Å². The van der Waals surface area contributed by atoms with Crippen LogP contribution in [-0.2, 0) is 29.2 Å². The zero-order chi connectivity index (χ0) is 21.4. The summed E-state index contributed by atoms with van der Waals surface area (Å²) < 4.78 is 70.6. The molecule has 0 unspecified atom stereocenters. The lowest BCUT2D eigenvalue weighted by atomic mass is 10.1. The number of nitrogens with zero attached hydrogens (tertiary/aromatic N) is 3. The summed E-state index contributed by atoms with van der Waals surface area (Å²) in [7, 11) is -3.74. The van der Waals surface area contributed by atoms with E-state index < -0.39 is 21.8 Å². The molecule has 2 heterocycles. The van der Waals surface area contributed by atoms with E-state index in [9.17, 15) is 21.6 Å². The molecular weight excluding hydrogens is 419 g/mol. The molecule has 2 aromatic carbocycles. The van der Waals surface area contributed by atoms with Crippen LogP contribution in [0.2, 0.25) is 0 Å². The number of aromatic nitrogens is 2. The quantitative estimate of drug-likeness (QED) is 0.624. The molecule has 6 nitrogen and oxygen atoms in total. The van der Waals surface area contributed by atoms with E-state index in [0.29, 0.717) is 24.4 Å². The van der Waals surface area contributed by atoms with E-state index >= 15 is 0 Å². The van der Waals surface area contributed by atoms with E-state index in [0.717, 1.165) is 17.7 Å². The average Bonchev–Trinajstić information content (AvgIpc) is 2.73. The summed E-state index contributed by atoms with van der Waals surface area (Å²) in [5, 5.41) is 0. The van der Waals surface area contributed by atoms with Gasteiger partial charge in [0, 0.05) is 12.1 Å². The van der Waals surface area contributed by atoms with Crippen LogP contribution in [0.15, 0.2) is 59.8 Å². The van der Waals surface area contributed by atoms with Crippen molar-refractivity contribution in [3.05, 3.63) is 77.9 Å². The Bertz CT molecular complexity index is 1150. The van der Waals surface area contributed by atoms with Crippen molar-refractivity contribution in [2.75, 3.05) is 6.54 Å². The molecular formula is C20H15F3N3O3S. The fourth-order valence-corrected chi connectivity index (χ4v) is 4.45. The average molecular weight is 434 g/mol. The lowest BCUT2D eigenvalue weighted by Crippen LogP contribution is -2.36. The first-order valence-electron chi connectivity index (χ1n) is 8.89. The lowest BCUT2D eigenvalue weighted by molar-refractivity contribution is -0.137. The molecule has 0 atom stereocenters. The SMILES string of the molecule is O=S(=O)(c1ccc(Oc2ccc(C(F)(F)F)cc2)cc1)N1CCc2[c]ncnc2C1. The van der Waals surface area contributed by atoms with Gasteiger partial charge in [-0.3, -0.25) is 0 Å². The number of hydrogen-bond acceptors (Lipinski definition) is 5. The molecule has 0 aliphatic carbocycles. The summed E-state index contributed by atoms with van der Waals surface area (Å²) in [5.74, 6) is 0.516. The summed E-state index contributed by atoms with van der Waals surface area (Å²) in [4.78, 5) is 8.04. The van der Waals surface area contributed by atoms with Crippen LogP contribution in [-0.4, -0.2) is 29.2 Å². The fraction of sp³-hybridized carbons (Fsp3) is 0.200. The molecule has 155 valence electrons. The van der Waals surface area contributed by atoms with Gasteiger partial charge in [-0.15, -0.1) is 0 Å². The highest BCUT2D eigenvalue weighted by molar-refractivity contribution is 7.89. The molecule has 1 radical (unpaired) electrons. The van der Waals surface area contributed by atoms with Crippen molar-refractivity contribution < 1.29 is 26.3 Å². The van der Waals surface area contributed by atoms with Crippen molar-refractivity contribution in [1.82, 2.24) is 14.3 Å². The van der Waals surface area contributed by atoms with Crippen LogP contribution in [0.3, 0.4) is 0 Å². The molecule has 10 heteroatoms. The Morgan fingerprint density at radius 3 is 2.27 bits per heavy atom. The fourth-order valence-electron chi connectivity index (χ4n) is 3.05. The second-order valence-electron chi connectivity index (χ2n) is 6.59. The Kier molecular flexibility index (Phi) is 5.20. The number of halogens is 3. The van der Waals surface area contributed by atoms with Gasteiger partial charge in [-0.25, -0.2) is 18.4 Å². The van der Waals surface area contributed by atoms with Crippen LogP contribution in [0.25, 0.3) is 0 Å². The van der Waals surface area contributed by atoms with Crippen molar-refractivity contribution in [2.45, 2.75) is 24.0 Å². The predicted molar refractivity (Wildman–Crippen MR) is 100 cm³/mol. The minimum absolute atomic E-state index is 0.0868. The maximum Gasteiger partial charge on any atom is 0.416 e. The van der Waals surface area contributed by atoms with Gasteiger partial charge in [-0.05, 0) is 55.0 Å². The molecule has 1 aromatic heterocycles. The minimum atomic E-state index is -4.42. The second kappa shape index (κ2) is 7.69. The Morgan fingerprint density at radius 1 is 1.00 bits per heavy atom. The highest BCUT2D eigenvalue weighted by atomic mass is 32.2.